The summed E-state index contributed by atoms with van der Waals surface area (Å²) < 4.78 is 0. The molecule has 20 heavy (non-hydrogen) atoms. The molecule has 0 bridgehead atoms. The average molecular weight is 271 g/mol. The van der Waals surface area contributed by atoms with Crippen LogP contribution in [0.5, 0.6) is 0 Å². The van der Waals surface area contributed by atoms with E-state index in [4.69, 9.17) is 5.11 Å². The zero-order chi connectivity index (χ0) is 14.5. The van der Waals surface area contributed by atoms with Crippen LogP contribution in [0.2, 0.25) is 0 Å². The molecule has 0 fully saturated rings. The van der Waals surface area contributed by atoms with Crippen LogP contribution in [-0.2, 0) is 11.3 Å². The van der Waals surface area contributed by atoms with Gasteiger partial charge in [0.1, 0.15) is 12.1 Å². The van der Waals surface area contributed by atoms with Crippen molar-refractivity contribution in [1.29, 1.82) is 0 Å². The Morgan fingerprint density at radius 1 is 1.30 bits per heavy atom. The number of aromatic carboxylic acids is 1. The van der Waals surface area contributed by atoms with Crippen LogP contribution in [0.4, 0.5) is 5.82 Å². The van der Waals surface area contributed by atoms with Crippen molar-refractivity contribution in [3.8, 4) is 0 Å². The molecule has 1 amide bonds. The number of aromatic nitrogens is 2. The van der Waals surface area contributed by atoms with Crippen molar-refractivity contribution in [2.45, 2.75) is 13.5 Å². The second-order valence-corrected chi connectivity index (χ2v) is 4.18. The first-order valence-corrected chi connectivity index (χ1v) is 5.94. The van der Waals surface area contributed by atoms with E-state index >= 15 is 0 Å². The maximum atomic E-state index is 11.7. The largest absolute Gasteiger partial charge is 0.478 e. The number of amides is 1. The monoisotopic (exact) mass is 271 g/mol. The van der Waals surface area contributed by atoms with Crippen LogP contribution in [-0.4, -0.2) is 27.0 Å². The lowest BCUT2D eigenvalue weighted by Crippen LogP contribution is -2.28. The summed E-state index contributed by atoms with van der Waals surface area (Å²) in [5.41, 5.74) is 0.910. The van der Waals surface area contributed by atoms with Crippen LogP contribution in [0.25, 0.3) is 0 Å². The third-order valence-corrected chi connectivity index (χ3v) is 2.74. The number of hydrogen-bond donors (Lipinski definition) is 1. The summed E-state index contributed by atoms with van der Waals surface area (Å²) >= 11 is 0. The van der Waals surface area contributed by atoms with E-state index in [2.05, 4.69) is 9.97 Å². The van der Waals surface area contributed by atoms with E-state index in [9.17, 15) is 9.59 Å². The molecule has 0 saturated heterocycles. The summed E-state index contributed by atoms with van der Waals surface area (Å²) in [5.74, 6) is -0.694. The Morgan fingerprint density at radius 3 is 2.70 bits per heavy atom. The summed E-state index contributed by atoms with van der Waals surface area (Å²) in [6.45, 7) is 1.69. The second kappa shape index (κ2) is 5.92. The van der Waals surface area contributed by atoms with E-state index in [0.717, 1.165) is 5.56 Å². The molecular weight excluding hydrogens is 258 g/mol. The molecule has 0 atom stereocenters. The number of hydrogen-bond acceptors (Lipinski definition) is 4. The molecule has 2 rings (SSSR count). The quantitative estimate of drug-likeness (QED) is 0.915. The van der Waals surface area contributed by atoms with Crippen LogP contribution in [0.3, 0.4) is 0 Å². The van der Waals surface area contributed by atoms with Gasteiger partial charge in [-0.2, -0.15) is 0 Å². The van der Waals surface area contributed by atoms with Crippen molar-refractivity contribution >= 4 is 17.7 Å². The summed E-state index contributed by atoms with van der Waals surface area (Å²) in [6.07, 6.45) is 2.91. The average Bonchev–Trinajstić information content (AvgIpc) is 2.45. The standard InChI is InChI=1S/C14H13N3O3/c1-10(18)17(13-5-6-15-9-16-13)8-11-3-2-4-12(7-11)14(19)20/h2-7,9H,8H2,1H3,(H,19,20). The number of carboxylic acids is 1. The van der Waals surface area contributed by atoms with Crippen LogP contribution >= 0.6 is 0 Å². The molecule has 0 saturated carbocycles. The molecule has 1 aromatic carbocycles. The van der Waals surface area contributed by atoms with Crippen LogP contribution in [0.1, 0.15) is 22.8 Å². The van der Waals surface area contributed by atoms with Gasteiger partial charge in [0.15, 0.2) is 0 Å². The zero-order valence-electron chi connectivity index (χ0n) is 10.9. The predicted octanol–water partition coefficient (Wildman–Crippen LogP) is 1.73. The maximum absolute atomic E-state index is 11.7. The van der Waals surface area contributed by atoms with Crippen molar-refractivity contribution in [3.05, 3.63) is 54.0 Å². The second-order valence-electron chi connectivity index (χ2n) is 4.18. The van der Waals surface area contributed by atoms with E-state index in [1.54, 1.807) is 30.5 Å². The van der Waals surface area contributed by atoms with E-state index in [-0.39, 0.29) is 18.0 Å². The smallest absolute Gasteiger partial charge is 0.335 e. The van der Waals surface area contributed by atoms with Gasteiger partial charge < -0.3 is 5.11 Å². The number of rotatable bonds is 4. The molecule has 0 aliphatic carbocycles. The van der Waals surface area contributed by atoms with Gasteiger partial charge in [0.25, 0.3) is 0 Å². The first kappa shape index (κ1) is 13.7. The van der Waals surface area contributed by atoms with Crippen LogP contribution in [0, 0.1) is 0 Å². The van der Waals surface area contributed by atoms with Gasteiger partial charge in [-0.1, -0.05) is 12.1 Å². The molecule has 0 aliphatic heterocycles. The van der Waals surface area contributed by atoms with Crippen molar-refractivity contribution in [2.24, 2.45) is 0 Å². The fraction of sp³-hybridized carbons (Fsp3) is 0.143. The topological polar surface area (TPSA) is 83.4 Å². The van der Waals surface area contributed by atoms with Gasteiger partial charge in [0.2, 0.25) is 5.91 Å². The van der Waals surface area contributed by atoms with Gasteiger partial charge in [-0.3, -0.25) is 9.69 Å². The number of anilines is 1. The van der Waals surface area contributed by atoms with E-state index in [1.807, 2.05) is 0 Å². The van der Waals surface area contributed by atoms with Gasteiger partial charge in [0.05, 0.1) is 12.1 Å². The molecule has 6 nitrogen and oxygen atoms in total. The molecule has 1 N–H and O–H groups in total. The minimum atomic E-state index is -0.997. The normalized spacial score (nSPS) is 10.1. The maximum Gasteiger partial charge on any atom is 0.335 e. The van der Waals surface area contributed by atoms with Crippen LogP contribution < -0.4 is 4.90 Å². The third kappa shape index (κ3) is 3.17. The van der Waals surface area contributed by atoms with Gasteiger partial charge in [0, 0.05) is 13.1 Å². The summed E-state index contributed by atoms with van der Waals surface area (Å²) in [4.78, 5) is 32.0. The molecule has 102 valence electrons. The Balaban J connectivity index is 2.27. The SMILES string of the molecule is CC(=O)N(Cc1cccc(C(=O)O)c1)c1ccncn1. The van der Waals surface area contributed by atoms with Crippen molar-refractivity contribution in [2.75, 3.05) is 4.90 Å². The number of carbonyl (C=O) groups excluding carboxylic acids is 1. The Kier molecular flexibility index (Phi) is 4.05. The molecule has 0 spiro atoms. The molecule has 2 aromatic rings. The van der Waals surface area contributed by atoms with Gasteiger partial charge in [-0.25, -0.2) is 14.8 Å². The Labute approximate surface area is 115 Å². The van der Waals surface area contributed by atoms with Crippen molar-refractivity contribution in [1.82, 2.24) is 9.97 Å². The Hall–Kier alpha value is -2.76. The highest BCUT2D eigenvalue weighted by Crippen LogP contribution is 2.15. The van der Waals surface area contributed by atoms with Gasteiger partial charge >= 0.3 is 5.97 Å². The molecule has 1 aromatic heterocycles. The highest BCUT2D eigenvalue weighted by atomic mass is 16.4. The summed E-state index contributed by atoms with van der Waals surface area (Å²) in [5, 5.41) is 8.97. The lowest BCUT2D eigenvalue weighted by Gasteiger charge is -2.19. The lowest BCUT2D eigenvalue weighted by molar-refractivity contribution is -0.116. The fourth-order valence-corrected chi connectivity index (χ4v) is 1.78. The highest BCUT2D eigenvalue weighted by Gasteiger charge is 2.14. The first-order valence-electron chi connectivity index (χ1n) is 5.94. The highest BCUT2D eigenvalue weighted by molar-refractivity contribution is 5.90. The van der Waals surface area contributed by atoms with E-state index < -0.39 is 5.97 Å². The first-order chi connectivity index (χ1) is 9.58. The van der Waals surface area contributed by atoms with Gasteiger partial charge in [-0.15, -0.1) is 0 Å². The number of nitrogens with zero attached hydrogens (tertiary/aromatic N) is 3. The summed E-state index contributed by atoms with van der Waals surface area (Å²) in [6, 6.07) is 8.09. The third-order valence-electron chi connectivity index (χ3n) is 2.74. The minimum absolute atomic E-state index is 0.176. The fourth-order valence-electron chi connectivity index (χ4n) is 1.78. The molecule has 0 aliphatic rings. The summed E-state index contributed by atoms with van der Waals surface area (Å²) in [7, 11) is 0. The minimum Gasteiger partial charge on any atom is -0.478 e. The van der Waals surface area contributed by atoms with Crippen molar-refractivity contribution in [3.63, 3.8) is 0 Å². The zero-order valence-corrected chi connectivity index (χ0v) is 10.9. The number of benzene rings is 1. The molecule has 1 heterocycles. The number of carbonyl (C=O) groups is 2. The predicted molar refractivity (Wildman–Crippen MR) is 72.3 cm³/mol. The van der Waals surface area contributed by atoms with E-state index in [0.29, 0.717) is 5.82 Å². The molecule has 6 heteroatoms. The number of carboxylic acid groups (broad SMARTS) is 1. The van der Waals surface area contributed by atoms with Gasteiger partial charge in [-0.05, 0) is 23.8 Å². The Morgan fingerprint density at radius 2 is 2.10 bits per heavy atom. The van der Waals surface area contributed by atoms with Crippen molar-refractivity contribution < 1.29 is 14.7 Å². The van der Waals surface area contributed by atoms with Crippen LogP contribution in [0.15, 0.2) is 42.9 Å². The Bertz CT molecular complexity index is 629. The molecular formula is C14H13N3O3. The lowest BCUT2D eigenvalue weighted by atomic mass is 10.1. The molecule has 0 radical (unpaired) electrons. The molecule has 0 unspecified atom stereocenters. The van der Waals surface area contributed by atoms with E-state index in [1.165, 1.54) is 24.2 Å².